The minimum Gasteiger partial charge on any atom is -0.371 e. The fourth-order valence-corrected chi connectivity index (χ4v) is 5.51. The molecule has 156 valence electrons. The maximum Gasteiger partial charge on any atom is 0.251 e. The van der Waals surface area contributed by atoms with Crippen LogP contribution in [-0.2, 0) is 10.2 Å². The first-order valence-corrected chi connectivity index (χ1v) is 11.1. The Labute approximate surface area is 178 Å². The summed E-state index contributed by atoms with van der Waals surface area (Å²) < 4.78 is 0. The first-order chi connectivity index (χ1) is 14.6. The number of piperidine rings is 1. The summed E-state index contributed by atoms with van der Waals surface area (Å²) in [6.45, 7) is 1.67. The minimum atomic E-state index is -0.515. The van der Waals surface area contributed by atoms with Gasteiger partial charge in [0.05, 0.1) is 5.41 Å². The number of amides is 2. The van der Waals surface area contributed by atoms with Gasteiger partial charge in [-0.25, -0.2) is 0 Å². The lowest BCUT2D eigenvalue weighted by molar-refractivity contribution is -0.123. The number of carbonyl (C=O) groups is 2. The van der Waals surface area contributed by atoms with Gasteiger partial charge in [-0.05, 0) is 61.6 Å². The summed E-state index contributed by atoms with van der Waals surface area (Å²) in [5.41, 5.74) is 3.34. The van der Waals surface area contributed by atoms with Crippen molar-refractivity contribution in [3.05, 3.63) is 59.7 Å². The molecule has 1 N–H and O–H groups in total. The third kappa shape index (κ3) is 3.08. The summed E-state index contributed by atoms with van der Waals surface area (Å²) in [5.74, 6) is 0.155. The standard InChI is InChI=1S/C25H29N3O2/c1-27-22-12-11-18(23(29)26-19-7-5-6-8-19)17-21(22)25(24(27)30)13-15-28(16-14-25)20-9-3-2-4-10-20/h2-4,9-12,17,19H,5-8,13-16H2,1H3,(H,26,29). The molecule has 3 aliphatic rings. The van der Waals surface area contributed by atoms with E-state index in [2.05, 4.69) is 34.5 Å². The average molecular weight is 404 g/mol. The van der Waals surface area contributed by atoms with Crippen molar-refractivity contribution in [2.24, 2.45) is 0 Å². The van der Waals surface area contributed by atoms with E-state index in [1.807, 2.05) is 31.3 Å². The van der Waals surface area contributed by atoms with Crippen LogP contribution < -0.4 is 15.1 Å². The lowest BCUT2D eigenvalue weighted by Crippen LogP contribution is -2.48. The largest absolute Gasteiger partial charge is 0.371 e. The van der Waals surface area contributed by atoms with Gasteiger partial charge >= 0.3 is 0 Å². The van der Waals surface area contributed by atoms with E-state index in [0.29, 0.717) is 5.56 Å². The number of carbonyl (C=O) groups excluding carboxylic acids is 2. The summed E-state index contributed by atoms with van der Waals surface area (Å²) in [5, 5.41) is 3.18. The highest BCUT2D eigenvalue weighted by Gasteiger charge is 2.51. The number of anilines is 2. The van der Waals surface area contributed by atoms with Crippen molar-refractivity contribution in [3.8, 4) is 0 Å². The molecular weight excluding hydrogens is 374 g/mol. The van der Waals surface area contributed by atoms with E-state index in [0.717, 1.165) is 50.0 Å². The van der Waals surface area contributed by atoms with Gasteiger partial charge in [-0.15, -0.1) is 0 Å². The predicted octanol–water partition coefficient (Wildman–Crippen LogP) is 3.87. The first-order valence-electron chi connectivity index (χ1n) is 11.1. The van der Waals surface area contributed by atoms with Crippen LogP contribution in [0.1, 0.15) is 54.4 Å². The third-order valence-electron chi connectivity index (χ3n) is 7.28. The van der Waals surface area contributed by atoms with Crippen LogP contribution in [0.2, 0.25) is 0 Å². The normalized spacial score (nSPS) is 20.6. The number of fused-ring (bicyclic) bond motifs is 2. The molecule has 0 unspecified atom stereocenters. The van der Waals surface area contributed by atoms with Crippen LogP contribution in [0.15, 0.2) is 48.5 Å². The molecule has 2 amide bonds. The van der Waals surface area contributed by atoms with Crippen LogP contribution in [0.4, 0.5) is 11.4 Å². The molecule has 0 radical (unpaired) electrons. The molecule has 0 aromatic heterocycles. The Bertz CT molecular complexity index is 958. The summed E-state index contributed by atoms with van der Waals surface area (Å²) >= 11 is 0. The lowest BCUT2D eigenvalue weighted by atomic mass is 9.73. The SMILES string of the molecule is CN1C(=O)C2(CCN(c3ccccc3)CC2)c2cc(C(=O)NC3CCCC3)ccc21. The van der Waals surface area contributed by atoms with Crippen molar-refractivity contribution < 1.29 is 9.59 Å². The number of nitrogens with zero attached hydrogens (tertiary/aromatic N) is 2. The van der Waals surface area contributed by atoms with Gasteiger partial charge in [0, 0.05) is 43.1 Å². The summed E-state index contributed by atoms with van der Waals surface area (Å²) in [6, 6.07) is 16.5. The van der Waals surface area contributed by atoms with Gasteiger partial charge in [0.15, 0.2) is 0 Å². The molecule has 0 atom stereocenters. The highest BCUT2D eigenvalue weighted by atomic mass is 16.2. The molecular formula is C25H29N3O2. The number of likely N-dealkylation sites (N-methyl/N-ethyl adjacent to an activating group) is 1. The molecule has 5 nitrogen and oxygen atoms in total. The van der Waals surface area contributed by atoms with Crippen molar-refractivity contribution in [1.82, 2.24) is 5.32 Å². The number of hydrogen-bond donors (Lipinski definition) is 1. The van der Waals surface area contributed by atoms with Crippen LogP contribution in [0, 0.1) is 0 Å². The maximum atomic E-state index is 13.3. The summed E-state index contributed by atoms with van der Waals surface area (Å²) in [4.78, 5) is 30.3. The van der Waals surface area contributed by atoms with Crippen molar-refractivity contribution in [1.29, 1.82) is 0 Å². The fourth-order valence-electron chi connectivity index (χ4n) is 5.51. The van der Waals surface area contributed by atoms with Crippen LogP contribution in [0.3, 0.4) is 0 Å². The number of rotatable bonds is 3. The number of para-hydroxylation sites is 1. The van der Waals surface area contributed by atoms with Gasteiger partial charge in [0.1, 0.15) is 0 Å². The maximum absolute atomic E-state index is 13.3. The second kappa shape index (κ2) is 7.46. The van der Waals surface area contributed by atoms with Crippen LogP contribution in [0.5, 0.6) is 0 Å². The molecule has 2 aromatic carbocycles. The molecule has 2 aliphatic heterocycles. The molecule has 5 heteroatoms. The van der Waals surface area contributed by atoms with E-state index in [1.165, 1.54) is 18.5 Å². The van der Waals surface area contributed by atoms with E-state index >= 15 is 0 Å². The van der Waals surface area contributed by atoms with Crippen molar-refractivity contribution in [2.75, 3.05) is 29.9 Å². The van der Waals surface area contributed by atoms with E-state index in [4.69, 9.17) is 0 Å². The number of benzene rings is 2. The van der Waals surface area contributed by atoms with Crippen molar-refractivity contribution in [2.45, 2.75) is 50.0 Å². The van der Waals surface area contributed by atoms with Gasteiger partial charge < -0.3 is 15.1 Å². The van der Waals surface area contributed by atoms with Crippen LogP contribution in [-0.4, -0.2) is 38.0 Å². The van der Waals surface area contributed by atoms with E-state index in [9.17, 15) is 9.59 Å². The quantitative estimate of drug-likeness (QED) is 0.846. The molecule has 1 aliphatic carbocycles. The Hall–Kier alpha value is -2.82. The average Bonchev–Trinajstić information content (AvgIpc) is 3.37. The zero-order valence-electron chi connectivity index (χ0n) is 17.6. The van der Waals surface area contributed by atoms with Gasteiger partial charge in [-0.2, -0.15) is 0 Å². The van der Waals surface area contributed by atoms with E-state index in [-0.39, 0.29) is 17.9 Å². The summed E-state index contributed by atoms with van der Waals surface area (Å²) in [7, 11) is 1.86. The molecule has 30 heavy (non-hydrogen) atoms. The molecule has 1 saturated heterocycles. The monoisotopic (exact) mass is 403 g/mol. The summed E-state index contributed by atoms with van der Waals surface area (Å²) in [6.07, 6.45) is 6.05. The Morgan fingerprint density at radius 2 is 1.73 bits per heavy atom. The van der Waals surface area contributed by atoms with Crippen LogP contribution >= 0.6 is 0 Å². The molecule has 0 bridgehead atoms. The fraction of sp³-hybridized carbons (Fsp3) is 0.440. The van der Waals surface area contributed by atoms with Gasteiger partial charge in [0.2, 0.25) is 5.91 Å². The Balaban J connectivity index is 1.41. The number of nitrogens with one attached hydrogen (secondary N) is 1. The highest BCUT2D eigenvalue weighted by Crippen LogP contribution is 2.48. The molecule has 1 spiro atoms. The second-order valence-electron chi connectivity index (χ2n) is 8.96. The van der Waals surface area contributed by atoms with E-state index < -0.39 is 5.41 Å². The second-order valence-corrected chi connectivity index (χ2v) is 8.96. The topological polar surface area (TPSA) is 52.7 Å². The Morgan fingerprint density at radius 1 is 1.03 bits per heavy atom. The Morgan fingerprint density at radius 3 is 2.43 bits per heavy atom. The van der Waals surface area contributed by atoms with Crippen molar-refractivity contribution in [3.63, 3.8) is 0 Å². The Kier molecular flexibility index (Phi) is 4.76. The smallest absolute Gasteiger partial charge is 0.251 e. The minimum absolute atomic E-state index is 0.0106. The molecule has 1 saturated carbocycles. The van der Waals surface area contributed by atoms with E-state index in [1.54, 1.807) is 4.90 Å². The molecule has 5 rings (SSSR count). The van der Waals surface area contributed by atoms with Crippen molar-refractivity contribution >= 4 is 23.2 Å². The molecule has 2 fully saturated rings. The predicted molar refractivity (Wildman–Crippen MR) is 119 cm³/mol. The molecule has 2 heterocycles. The zero-order valence-corrected chi connectivity index (χ0v) is 17.6. The van der Waals surface area contributed by atoms with Crippen LogP contribution in [0.25, 0.3) is 0 Å². The number of hydrogen-bond acceptors (Lipinski definition) is 3. The first kappa shape index (κ1) is 19.2. The molecule has 2 aromatic rings. The third-order valence-corrected chi connectivity index (χ3v) is 7.28. The zero-order chi connectivity index (χ0) is 20.7. The highest BCUT2D eigenvalue weighted by molar-refractivity contribution is 6.09. The van der Waals surface area contributed by atoms with Gasteiger partial charge in [-0.3, -0.25) is 9.59 Å². The lowest BCUT2D eigenvalue weighted by Gasteiger charge is -2.39. The van der Waals surface area contributed by atoms with Gasteiger partial charge in [0.25, 0.3) is 5.91 Å². The van der Waals surface area contributed by atoms with Gasteiger partial charge in [-0.1, -0.05) is 31.0 Å².